The third kappa shape index (κ3) is 5.07. The lowest BCUT2D eigenvalue weighted by Gasteiger charge is -2.39. The van der Waals surface area contributed by atoms with E-state index >= 15 is 0 Å². The summed E-state index contributed by atoms with van der Waals surface area (Å²) < 4.78 is 6.50. The number of hydrogen-bond donors (Lipinski definition) is 1. The molecule has 112 valence electrons. The molecule has 0 aromatic rings. The van der Waals surface area contributed by atoms with Crippen LogP contribution in [0, 0.1) is 5.92 Å². The van der Waals surface area contributed by atoms with Crippen LogP contribution >= 0.6 is 0 Å². The Hall–Kier alpha value is -0.0800. The van der Waals surface area contributed by atoms with E-state index in [0.717, 1.165) is 19.1 Å². The van der Waals surface area contributed by atoms with E-state index < -0.39 is 0 Å². The number of rotatable bonds is 6. The molecule has 0 amide bonds. The summed E-state index contributed by atoms with van der Waals surface area (Å²) in [5.74, 6) is 0.839. The van der Waals surface area contributed by atoms with Gasteiger partial charge in [0, 0.05) is 12.6 Å². The lowest BCUT2D eigenvalue weighted by molar-refractivity contribution is -0.0857. The lowest BCUT2D eigenvalue weighted by Crippen LogP contribution is -2.47. The van der Waals surface area contributed by atoms with Gasteiger partial charge in [-0.3, -0.25) is 0 Å². The Kier molecular flexibility index (Phi) is 6.15. The standard InChI is InChI=1S/C17H33NO/c1-15(2)18-14-17(11-7-4-8-12-17)19-13-16-9-5-3-6-10-16/h15-16,18H,3-14H2,1-2H3. The van der Waals surface area contributed by atoms with Crippen molar-refractivity contribution in [2.45, 2.75) is 89.7 Å². The maximum absolute atomic E-state index is 6.50. The molecular formula is C17H33NO. The first-order valence-electron chi connectivity index (χ1n) is 8.58. The molecule has 0 unspecified atom stereocenters. The Labute approximate surface area is 119 Å². The summed E-state index contributed by atoms with van der Waals surface area (Å²) in [6.45, 7) is 6.53. The normalized spacial score (nSPS) is 24.8. The SMILES string of the molecule is CC(C)NCC1(OCC2CCCCC2)CCCCC1. The number of nitrogens with one attached hydrogen (secondary N) is 1. The topological polar surface area (TPSA) is 21.3 Å². The molecule has 0 aromatic carbocycles. The van der Waals surface area contributed by atoms with Crippen LogP contribution in [0.4, 0.5) is 0 Å². The molecule has 0 saturated heterocycles. The number of ether oxygens (including phenoxy) is 1. The molecule has 2 aliphatic rings. The third-order valence-electron chi connectivity index (χ3n) is 4.95. The van der Waals surface area contributed by atoms with Gasteiger partial charge in [0.2, 0.25) is 0 Å². The molecule has 0 bridgehead atoms. The van der Waals surface area contributed by atoms with Gasteiger partial charge in [0.05, 0.1) is 12.2 Å². The molecule has 0 radical (unpaired) electrons. The van der Waals surface area contributed by atoms with Gasteiger partial charge >= 0.3 is 0 Å². The molecule has 0 heterocycles. The molecule has 0 aliphatic heterocycles. The van der Waals surface area contributed by atoms with Crippen LogP contribution in [0.1, 0.15) is 78.1 Å². The maximum Gasteiger partial charge on any atom is 0.0806 e. The summed E-state index contributed by atoms with van der Waals surface area (Å²) in [6, 6.07) is 0.567. The smallest absolute Gasteiger partial charge is 0.0806 e. The van der Waals surface area contributed by atoms with Crippen LogP contribution < -0.4 is 5.32 Å². The molecule has 2 rings (SSSR count). The zero-order valence-corrected chi connectivity index (χ0v) is 13.0. The predicted molar refractivity (Wildman–Crippen MR) is 81.5 cm³/mol. The highest BCUT2D eigenvalue weighted by Gasteiger charge is 2.33. The molecule has 2 saturated carbocycles. The van der Waals surface area contributed by atoms with E-state index in [0.29, 0.717) is 6.04 Å². The highest BCUT2D eigenvalue weighted by Crippen LogP contribution is 2.33. The molecule has 2 aliphatic carbocycles. The lowest BCUT2D eigenvalue weighted by atomic mass is 9.83. The summed E-state index contributed by atoms with van der Waals surface area (Å²) in [6.07, 6.45) is 13.7. The second-order valence-corrected chi connectivity index (χ2v) is 7.09. The quantitative estimate of drug-likeness (QED) is 0.775. The largest absolute Gasteiger partial charge is 0.373 e. The second-order valence-electron chi connectivity index (χ2n) is 7.09. The molecule has 0 atom stereocenters. The highest BCUT2D eigenvalue weighted by molar-refractivity contribution is 4.87. The molecule has 0 spiro atoms. The fraction of sp³-hybridized carbons (Fsp3) is 1.00. The van der Waals surface area contributed by atoms with Crippen molar-refractivity contribution in [3.63, 3.8) is 0 Å². The fourth-order valence-corrected chi connectivity index (χ4v) is 3.61. The minimum absolute atomic E-state index is 0.153. The first-order chi connectivity index (χ1) is 9.20. The van der Waals surface area contributed by atoms with Gasteiger partial charge in [-0.25, -0.2) is 0 Å². The summed E-state index contributed by atoms with van der Waals surface area (Å²) in [5, 5.41) is 3.62. The summed E-state index contributed by atoms with van der Waals surface area (Å²) in [7, 11) is 0. The van der Waals surface area contributed by atoms with Gasteiger partial charge in [0.25, 0.3) is 0 Å². The van der Waals surface area contributed by atoms with E-state index in [1.54, 1.807) is 0 Å². The van der Waals surface area contributed by atoms with E-state index in [1.165, 1.54) is 64.2 Å². The summed E-state index contributed by atoms with van der Waals surface area (Å²) in [4.78, 5) is 0. The average Bonchev–Trinajstić information content (AvgIpc) is 2.45. The van der Waals surface area contributed by atoms with Crippen LogP contribution in [0.25, 0.3) is 0 Å². The molecule has 2 nitrogen and oxygen atoms in total. The average molecular weight is 267 g/mol. The van der Waals surface area contributed by atoms with Gasteiger partial charge in [0.1, 0.15) is 0 Å². The third-order valence-corrected chi connectivity index (χ3v) is 4.95. The van der Waals surface area contributed by atoms with Crippen molar-refractivity contribution in [3.05, 3.63) is 0 Å². The van der Waals surface area contributed by atoms with Crippen LogP contribution in [-0.4, -0.2) is 24.8 Å². The van der Waals surface area contributed by atoms with Crippen molar-refractivity contribution < 1.29 is 4.74 Å². The molecule has 0 aromatic heterocycles. The van der Waals surface area contributed by atoms with Crippen molar-refractivity contribution in [3.8, 4) is 0 Å². The van der Waals surface area contributed by atoms with Crippen molar-refractivity contribution in [2.24, 2.45) is 5.92 Å². The molecule has 2 fully saturated rings. The Balaban J connectivity index is 1.81. The Morgan fingerprint density at radius 2 is 1.63 bits per heavy atom. The van der Waals surface area contributed by atoms with Gasteiger partial charge in [0.15, 0.2) is 0 Å². The molecule has 19 heavy (non-hydrogen) atoms. The van der Waals surface area contributed by atoms with E-state index in [9.17, 15) is 0 Å². The zero-order valence-electron chi connectivity index (χ0n) is 13.0. The van der Waals surface area contributed by atoms with Crippen molar-refractivity contribution in [1.29, 1.82) is 0 Å². The van der Waals surface area contributed by atoms with Crippen molar-refractivity contribution in [1.82, 2.24) is 5.32 Å². The fourth-order valence-electron chi connectivity index (χ4n) is 3.61. The van der Waals surface area contributed by atoms with Gasteiger partial charge in [-0.2, -0.15) is 0 Å². The monoisotopic (exact) mass is 267 g/mol. The minimum atomic E-state index is 0.153. The van der Waals surface area contributed by atoms with E-state index in [2.05, 4.69) is 19.2 Å². The first kappa shape index (κ1) is 15.3. The van der Waals surface area contributed by atoms with Gasteiger partial charge in [-0.1, -0.05) is 52.4 Å². The summed E-state index contributed by atoms with van der Waals surface area (Å²) in [5.41, 5.74) is 0.153. The minimum Gasteiger partial charge on any atom is -0.373 e. The summed E-state index contributed by atoms with van der Waals surface area (Å²) >= 11 is 0. The second kappa shape index (κ2) is 7.64. The van der Waals surface area contributed by atoms with E-state index in [-0.39, 0.29) is 5.60 Å². The van der Waals surface area contributed by atoms with Crippen LogP contribution in [0.2, 0.25) is 0 Å². The maximum atomic E-state index is 6.50. The van der Waals surface area contributed by atoms with Crippen LogP contribution in [0.15, 0.2) is 0 Å². The molecule has 2 heteroatoms. The molecular weight excluding hydrogens is 234 g/mol. The van der Waals surface area contributed by atoms with Crippen LogP contribution in [0.5, 0.6) is 0 Å². The Morgan fingerprint density at radius 3 is 2.26 bits per heavy atom. The molecule has 1 N–H and O–H groups in total. The van der Waals surface area contributed by atoms with Crippen LogP contribution in [-0.2, 0) is 4.74 Å². The predicted octanol–water partition coefficient (Wildman–Crippen LogP) is 4.28. The van der Waals surface area contributed by atoms with Crippen molar-refractivity contribution in [2.75, 3.05) is 13.2 Å². The van der Waals surface area contributed by atoms with E-state index in [4.69, 9.17) is 4.74 Å². The first-order valence-corrected chi connectivity index (χ1v) is 8.58. The van der Waals surface area contributed by atoms with Gasteiger partial charge in [-0.15, -0.1) is 0 Å². The van der Waals surface area contributed by atoms with Crippen molar-refractivity contribution >= 4 is 0 Å². The van der Waals surface area contributed by atoms with Crippen LogP contribution in [0.3, 0.4) is 0 Å². The van der Waals surface area contributed by atoms with Gasteiger partial charge < -0.3 is 10.1 Å². The van der Waals surface area contributed by atoms with E-state index in [1.807, 2.05) is 0 Å². The highest BCUT2D eigenvalue weighted by atomic mass is 16.5. The number of hydrogen-bond acceptors (Lipinski definition) is 2. The Morgan fingerprint density at radius 1 is 1.00 bits per heavy atom. The van der Waals surface area contributed by atoms with Gasteiger partial charge in [-0.05, 0) is 31.6 Å². The Bertz CT molecular complexity index is 240. The zero-order chi connectivity index (χ0) is 13.6.